The Kier molecular flexibility index (Phi) is 8.19. The summed E-state index contributed by atoms with van der Waals surface area (Å²) in [4.78, 5) is 22.4. The number of ether oxygens (including phenoxy) is 2. The van der Waals surface area contributed by atoms with Gasteiger partial charge in [-0.25, -0.2) is 4.99 Å². The van der Waals surface area contributed by atoms with E-state index in [1.807, 2.05) is 50.3 Å². The van der Waals surface area contributed by atoms with Crippen LogP contribution >= 0.6 is 23.4 Å². The van der Waals surface area contributed by atoms with Crippen molar-refractivity contribution in [3.8, 4) is 5.75 Å². The Balaban J connectivity index is 1.51. The predicted molar refractivity (Wildman–Crippen MR) is 141 cm³/mol. The second-order valence-electron chi connectivity index (χ2n) is 8.20. The highest BCUT2D eigenvalue weighted by molar-refractivity contribution is 8.18. The Morgan fingerprint density at radius 3 is 2.56 bits per heavy atom. The van der Waals surface area contributed by atoms with Gasteiger partial charge in [-0.15, -0.1) is 0 Å². The zero-order valence-corrected chi connectivity index (χ0v) is 21.4. The molecule has 2 aliphatic heterocycles. The number of aliphatic imine (C=N–C) groups is 1. The Labute approximate surface area is 210 Å². The van der Waals surface area contributed by atoms with Crippen molar-refractivity contribution in [3.05, 3.63) is 58.0 Å². The molecule has 8 heteroatoms. The van der Waals surface area contributed by atoms with Crippen LogP contribution in [0.5, 0.6) is 5.75 Å². The first kappa shape index (κ1) is 24.6. The highest BCUT2D eigenvalue weighted by Crippen LogP contribution is 2.35. The first-order chi connectivity index (χ1) is 16.5. The number of anilines is 1. The molecule has 2 aliphatic rings. The summed E-state index contributed by atoms with van der Waals surface area (Å²) in [7, 11) is 0. The zero-order valence-electron chi connectivity index (χ0n) is 19.8. The number of benzene rings is 2. The minimum absolute atomic E-state index is 0.0489. The molecule has 180 valence electrons. The van der Waals surface area contributed by atoms with E-state index in [0.717, 1.165) is 49.7 Å². The maximum absolute atomic E-state index is 13.0. The standard InChI is InChI=1S/C26H30ClN3O3S/c1-4-18(3)33-23-11-6-19(16-22(23)27)17-24-25(31)30(5-2)26(34-24)28-20-7-9-21(10-8-20)29-12-14-32-15-13-29/h6-11,16-18H,4-5,12-15H2,1-3H3/b24-17-,28-26?/t18-/m0/s1. The molecule has 1 amide bonds. The third-order valence-electron chi connectivity index (χ3n) is 5.81. The van der Waals surface area contributed by atoms with Gasteiger partial charge in [0.2, 0.25) is 0 Å². The Morgan fingerprint density at radius 2 is 1.91 bits per heavy atom. The van der Waals surface area contributed by atoms with Crippen molar-refractivity contribution in [2.75, 3.05) is 37.7 Å². The van der Waals surface area contributed by atoms with E-state index < -0.39 is 0 Å². The molecule has 2 fully saturated rings. The molecular weight excluding hydrogens is 470 g/mol. The summed E-state index contributed by atoms with van der Waals surface area (Å²) in [6, 6.07) is 13.7. The number of amides is 1. The topological polar surface area (TPSA) is 54.4 Å². The second-order valence-corrected chi connectivity index (χ2v) is 9.61. The number of hydrogen-bond acceptors (Lipinski definition) is 6. The molecule has 0 radical (unpaired) electrons. The van der Waals surface area contributed by atoms with Crippen molar-refractivity contribution in [2.45, 2.75) is 33.3 Å². The van der Waals surface area contributed by atoms with Crippen LogP contribution in [0, 0.1) is 0 Å². The minimum atomic E-state index is -0.0489. The number of thioether (sulfide) groups is 1. The molecule has 2 aromatic rings. The SMILES string of the molecule is CC[C@H](C)Oc1ccc(/C=C2\SC(=Nc3ccc(N4CCOCC4)cc3)N(CC)C2=O)cc1Cl. The monoisotopic (exact) mass is 499 g/mol. The third kappa shape index (κ3) is 5.77. The van der Waals surface area contributed by atoms with Crippen LogP contribution in [0.15, 0.2) is 52.4 Å². The number of carbonyl (C=O) groups excluding carboxylic acids is 1. The van der Waals surface area contributed by atoms with Gasteiger partial charge in [0, 0.05) is 25.3 Å². The summed E-state index contributed by atoms with van der Waals surface area (Å²) in [6.07, 6.45) is 2.85. The van der Waals surface area contributed by atoms with Crippen LogP contribution in [0.2, 0.25) is 5.02 Å². The molecule has 0 saturated carbocycles. The summed E-state index contributed by atoms with van der Waals surface area (Å²) in [5.74, 6) is 0.605. The van der Waals surface area contributed by atoms with Crippen LogP contribution in [0.1, 0.15) is 32.8 Å². The highest BCUT2D eigenvalue weighted by atomic mass is 35.5. The summed E-state index contributed by atoms with van der Waals surface area (Å²) in [5, 5.41) is 1.22. The molecule has 0 bridgehead atoms. The van der Waals surface area contributed by atoms with Crippen molar-refractivity contribution in [1.29, 1.82) is 0 Å². The molecule has 2 heterocycles. The van der Waals surface area contributed by atoms with Crippen molar-refractivity contribution in [3.63, 3.8) is 0 Å². The summed E-state index contributed by atoms with van der Waals surface area (Å²) >= 11 is 7.81. The Morgan fingerprint density at radius 1 is 1.18 bits per heavy atom. The summed E-state index contributed by atoms with van der Waals surface area (Å²) in [5.41, 5.74) is 2.83. The van der Waals surface area contributed by atoms with Crippen LogP contribution < -0.4 is 9.64 Å². The predicted octanol–water partition coefficient (Wildman–Crippen LogP) is 5.98. The maximum Gasteiger partial charge on any atom is 0.266 e. The second kappa shape index (κ2) is 11.3. The molecule has 0 N–H and O–H groups in total. The van der Waals surface area contributed by atoms with E-state index in [-0.39, 0.29) is 12.0 Å². The van der Waals surface area contributed by atoms with Gasteiger partial charge in [-0.3, -0.25) is 9.69 Å². The highest BCUT2D eigenvalue weighted by Gasteiger charge is 2.32. The summed E-state index contributed by atoms with van der Waals surface area (Å²) in [6.45, 7) is 9.88. The van der Waals surface area contributed by atoms with Crippen LogP contribution in [0.4, 0.5) is 11.4 Å². The maximum atomic E-state index is 13.0. The zero-order chi connectivity index (χ0) is 24.1. The third-order valence-corrected chi connectivity index (χ3v) is 7.11. The molecule has 2 aromatic carbocycles. The van der Waals surface area contributed by atoms with E-state index >= 15 is 0 Å². The molecule has 0 aliphatic carbocycles. The fraction of sp³-hybridized carbons (Fsp3) is 0.385. The molecule has 0 spiro atoms. The van der Waals surface area contributed by atoms with Gasteiger partial charge in [-0.2, -0.15) is 0 Å². The van der Waals surface area contributed by atoms with Crippen molar-refractivity contribution >= 4 is 51.9 Å². The molecule has 6 nitrogen and oxygen atoms in total. The molecule has 4 rings (SSSR count). The number of hydrogen-bond donors (Lipinski definition) is 0. The average Bonchev–Trinajstić information content (AvgIpc) is 3.15. The quantitative estimate of drug-likeness (QED) is 0.439. The Bertz CT molecular complexity index is 1080. The normalized spacial score (nSPS) is 19.8. The van der Waals surface area contributed by atoms with E-state index in [9.17, 15) is 4.79 Å². The van der Waals surface area contributed by atoms with Gasteiger partial charge < -0.3 is 14.4 Å². The van der Waals surface area contributed by atoms with Gasteiger partial charge in [0.05, 0.1) is 34.9 Å². The van der Waals surface area contributed by atoms with Gasteiger partial charge >= 0.3 is 0 Å². The minimum Gasteiger partial charge on any atom is -0.489 e. The lowest BCUT2D eigenvalue weighted by Gasteiger charge is -2.28. The van der Waals surface area contributed by atoms with Gasteiger partial charge in [0.1, 0.15) is 5.75 Å². The molecule has 1 atom stereocenters. The molecule has 34 heavy (non-hydrogen) atoms. The number of morpholine rings is 1. The smallest absolute Gasteiger partial charge is 0.266 e. The van der Waals surface area contributed by atoms with E-state index in [4.69, 9.17) is 26.1 Å². The lowest BCUT2D eigenvalue weighted by Crippen LogP contribution is -2.36. The molecular formula is C26H30ClN3O3S. The van der Waals surface area contributed by atoms with Gasteiger partial charge in [-0.05, 0) is 80.1 Å². The largest absolute Gasteiger partial charge is 0.489 e. The number of likely N-dealkylation sites (N-methyl/N-ethyl adjacent to an activating group) is 1. The number of rotatable bonds is 7. The number of amidine groups is 1. The fourth-order valence-corrected chi connectivity index (χ4v) is 4.99. The van der Waals surface area contributed by atoms with Crippen molar-refractivity contribution in [1.82, 2.24) is 4.90 Å². The lowest BCUT2D eigenvalue weighted by molar-refractivity contribution is -0.122. The van der Waals surface area contributed by atoms with Crippen molar-refractivity contribution in [2.24, 2.45) is 4.99 Å². The van der Waals surface area contributed by atoms with E-state index in [2.05, 4.69) is 24.0 Å². The van der Waals surface area contributed by atoms with E-state index in [1.165, 1.54) is 11.8 Å². The molecule has 2 saturated heterocycles. The van der Waals surface area contributed by atoms with E-state index in [0.29, 0.717) is 27.4 Å². The molecule has 0 unspecified atom stereocenters. The first-order valence-corrected chi connectivity index (χ1v) is 12.9. The number of nitrogens with zero attached hydrogens (tertiary/aromatic N) is 3. The van der Waals surface area contributed by atoms with Crippen LogP contribution in [0.25, 0.3) is 6.08 Å². The Hall–Kier alpha value is -2.48. The summed E-state index contributed by atoms with van der Waals surface area (Å²) < 4.78 is 11.3. The number of halogens is 1. The number of carbonyl (C=O) groups is 1. The van der Waals surface area contributed by atoms with Crippen molar-refractivity contribution < 1.29 is 14.3 Å². The van der Waals surface area contributed by atoms with Crippen LogP contribution in [-0.4, -0.2) is 54.9 Å². The van der Waals surface area contributed by atoms with Gasteiger partial charge in [-0.1, -0.05) is 24.6 Å². The van der Waals surface area contributed by atoms with E-state index in [1.54, 1.807) is 4.90 Å². The average molecular weight is 500 g/mol. The van der Waals surface area contributed by atoms with Gasteiger partial charge in [0.15, 0.2) is 5.17 Å². The molecule has 0 aromatic heterocycles. The van der Waals surface area contributed by atoms with Crippen LogP contribution in [0.3, 0.4) is 0 Å². The lowest BCUT2D eigenvalue weighted by atomic mass is 10.2. The first-order valence-electron chi connectivity index (χ1n) is 11.7. The van der Waals surface area contributed by atoms with Gasteiger partial charge in [0.25, 0.3) is 5.91 Å². The fourth-order valence-electron chi connectivity index (χ4n) is 3.69. The van der Waals surface area contributed by atoms with Crippen LogP contribution in [-0.2, 0) is 9.53 Å².